The van der Waals surface area contributed by atoms with Crippen molar-refractivity contribution in [1.29, 1.82) is 0 Å². The molecule has 0 fully saturated rings. The van der Waals surface area contributed by atoms with Crippen molar-refractivity contribution in [2.24, 2.45) is 0 Å². The molecule has 0 amide bonds. The SMILES string of the molecule is CC(C)(C)OCC(O)CNc1c(Cl)cc(Cl)c2nsnc12. The summed E-state index contributed by atoms with van der Waals surface area (Å²) in [5.41, 5.74) is 1.56. The van der Waals surface area contributed by atoms with Crippen LogP contribution in [0.25, 0.3) is 11.0 Å². The van der Waals surface area contributed by atoms with Gasteiger partial charge in [0.25, 0.3) is 0 Å². The number of halogens is 2. The number of hydrogen-bond donors (Lipinski definition) is 2. The van der Waals surface area contributed by atoms with E-state index >= 15 is 0 Å². The van der Waals surface area contributed by atoms with Crippen molar-refractivity contribution >= 4 is 51.7 Å². The van der Waals surface area contributed by atoms with Crippen molar-refractivity contribution in [2.45, 2.75) is 32.5 Å². The Morgan fingerprint density at radius 3 is 2.62 bits per heavy atom. The molecule has 2 aromatic rings. The molecule has 1 aromatic heterocycles. The van der Waals surface area contributed by atoms with Gasteiger partial charge in [0, 0.05) is 6.54 Å². The lowest BCUT2D eigenvalue weighted by Crippen LogP contribution is -2.30. The van der Waals surface area contributed by atoms with E-state index in [1.165, 1.54) is 0 Å². The minimum atomic E-state index is -0.655. The van der Waals surface area contributed by atoms with Gasteiger partial charge < -0.3 is 15.2 Å². The van der Waals surface area contributed by atoms with Crippen LogP contribution >= 0.6 is 34.9 Å². The molecule has 1 heterocycles. The molecule has 0 aliphatic rings. The highest BCUT2D eigenvalue weighted by atomic mass is 35.5. The largest absolute Gasteiger partial charge is 0.389 e. The Balaban J connectivity index is 2.05. The molecule has 0 saturated carbocycles. The van der Waals surface area contributed by atoms with Crippen LogP contribution < -0.4 is 5.32 Å². The Morgan fingerprint density at radius 2 is 1.95 bits per heavy atom. The van der Waals surface area contributed by atoms with Gasteiger partial charge in [-0.25, -0.2) is 0 Å². The maximum atomic E-state index is 9.95. The zero-order valence-corrected chi connectivity index (χ0v) is 14.3. The second kappa shape index (κ2) is 6.62. The Kier molecular flexibility index (Phi) is 5.27. The number of aliphatic hydroxyl groups is 1. The van der Waals surface area contributed by atoms with E-state index in [-0.39, 0.29) is 12.2 Å². The van der Waals surface area contributed by atoms with Crippen LogP contribution in [0.15, 0.2) is 6.07 Å². The molecule has 0 aliphatic heterocycles. The maximum absolute atomic E-state index is 9.95. The molecule has 0 bridgehead atoms. The van der Waals surface area contributed by atoms with Crippen LogP contribution in [-0.4, -0.2) is 38.7 Å². The average Bonchev–Trinajstić information content (AvgIpc) is 2.84. The number of aromatic nitrogens is 2. The van der Waals surface area contributed by atoms with Crippen LogP contribution in [0.1, 0.15) is 20.8 Å². The van der Waals surface area contributed by atoms with Gasteiger partial charge in [0.2, 0.25) is 0 Å². The molecule has 8 heteroatoms. The summed E-state index contributed by atoms with van der Waals surface area (Å²) >= 11 is 13.3. The molecular formula is C13H17Cl2N3O2S. The van der Waals surface area contributed by atoms with E-state index < -0.39 is 6.10 Å². The molecule has 2 rings (SSSR count). The molecule has 0 spiro atoms. The second-order valence-corrected chi connectivity index (χ2v) is 6.98. The number of rotatable bonds is 5. The Hall–Kier alpha value is -0.660. The summed E-state index contributed by atoms with van der Waals surface area (Å²) in [6.45, 7) is 6.35. The number of anilines is 1. The fraction of sp³-hybridized carbons (Fsp3) is 0.538. The molecule has 5 nitrogen and oxygen atoms in total. The zero-order chi connectivity index (χ0) is 15.6. The van der Waals surface area contributed by atoms with E-state index in [4.69, 9.17) is 27.9 Å². The third-order valence-electron chi connectivity index (χ3n) is 2.67. The summed E-state index contributed by atoms with van der Waals surface area (Å²) in [6, 6.07) is 1.62. The van der Waals surface area contributed by atoms with E-state index in [9.17, 15) is 5.11 Å². The lowest BCUT2D eigenvalue weighted by Gasteiger charge is -2.22. The zero-order valence-electron chi connectivity index (χ0n) is 12.0. The molecule has 0 aliphatic carbocycles. The summed E-state index contributed by atoms with van der Waals surface area (Å²) in [5.74, 6) is 0. The number of aliphatic hydroxyl groups excluding tert-OH is 1. The number of nitrogens with zero attached hydrogens (tertiary/aromatic N) is 2. The van der Waals surface area contributed by atoms with Crippen LogP contribution in [0.3, 0.4) is 0 Å². The van der Waals surface area contributed by atoms with Gasteiger partial charge >= 0.3 is 0 Å². The van der Waals surface area contributed by atoms with Gasteiger partial charge in [0.1, 0.15) is 11.0 Å². The number of fused-ring (bicyclic) bond motifs is 1. The predicted molar refractivity (Wildman–Crippen MR) is 87.6 cm³/mol. The molecular weight excluding hydrogens is 333 g/mol. The van der Waals surface area contributed by atoms with Gasteiger partial charge in [-0.2, -0.15) is 8.75 Å². The van der Waals surface area contributed by atoms with Crippen LogP contribution in [0.5, 0.6) is 0 Å². The van der Waals surface area contributed by atoms with E-state index in [0.29, 0.717) is 33.3 Å². The average molecular weight is 350 g/mol. The van der Waals surface area contributed by atoms with E-state index in [2.05, 4.69) is 14.1 Å². The van der Waals surface area contributed by atoms with Crippen molar-refractivity contribution in [3.63, 3.8) is 0 Å². The molecule has 1 aromatic carbocycles. The van der Waals surface area contributed by atoms with Crippen LogP contribution in [0.4, 0.5) is 5.69 Å². The van der Waals surface area contributed by atoms with Crippen molar-refractivity contribution < 1.29 is 9.84 Å². The predicted octanol–water partition coefficient (Wildman–Crippen LogP) is 3.59. The number of benzene rings is 1. The van der Waals surface area contributed by atoms with E-state index in [1.807, 2.05) is 20.8 Å². The molecule has 1 atom stereocenters. The quantitative estimate of drug-likeness (QED) is 0.863. The summed E-state index contributed by atoms with van der Waals surface area (Å²) in [6.07, 6.45) is -0.655. The third-order valence-corrected chi connectivity index (χ3v) is 3.78. The van der Waals surface area contributed by atoms with Gasteiger partial charge in [-0.3, -0.25) is 0 Å². The summed E-state index contributed by atoms with van der Waals surface area (Å²) in [5, 5.41) is 14.0. The lowest BCUT2D eigenvalue weighted by molar-refractivity contribution is -0.0449. The molecule has 21 heavy (non-hydrogen) atoms. The molecule has 0 saturated heterocycles. The molecule has 0 radical (unpaired) electrons. The Morgan fingerprint density at radius 1 is 1.29 bits per heavy atom. The van der Waals surface area contributed by atoms with E-state index in [1.54, 1.807) is 6.07 Å². The first-order valence-electron chi connectivity index (χ1n) is 6.44. The number of hydrogen-bond acceptors (Lipinski definition) is 6. The van der Waals surface area contributed by atoms with Crippen molar-refractivity contribution in [1.82, 2.24) is 8.75 Å². The van der Waals surface area contributed by atoms with Crippen molar-refractivity contribution in [2.75, 3.05) is 18.5 Å². The van der Waals surface area contributed by atoms with Gasteiger partial charge in [-0.1, -0.05) is 23.2 Å². The van der Waals surface area contributed by atoms with Crippen LogP contribution in [0.2, 0.25) is 10.0 Å². The van der Waals surface area contributed by atoms with Gasteiger partial charge in [0.15, 0.2) is 0 Å². The Labute approximate surface area is 137 Å². The van der Waals surface area contributed by atoms with Crippen LogP contribution in [0, 0.1) is 0 Å². The van der Waals surface area contributed by atoms with Crippen molar-refractivity contribution in [3.8, 4) is 0 Å². The lowest BCUT2D eigenvalue weighted by atomic mass is 10.2. The smallest absolute Gasteiger partial charge is 0.130 e. The van der Waals surface area contributed by atoms with Crippen molar-refractivity contribution in [3.05, 3.63) is 16.1 Å². The van der Waals surface area contributed by atoms with Gasteiger partial charge in [0.05, 0.1) is 45.8 Å². The summed E-state index contributed by atoms with van der Waals surface area (Å²) < 4.78 is 13.8. The minimum absolute atomic E-state index is 0.236. The highest BCUT2D eigenvalue weighted by molar-refractivity contribution is 7.00. The second-order valence-electron chi connectivity index (χ2n) is 5.63. The molecule has 1 unspecified atom stereocenters. The maximum Gasteiger partial charge on any atom is 0.130 e. The first-order valence-corrected chi connectivity index (χ1v) is 7.92. The molecule has 116 valence electrons. The number of ether oxygens (including phenoxy) is 1. The van der Waals surface area contributed by atoms with Gasteiger partial charge in [-0.15, -0.1) is 0 Å². The molecule has 2 N–H and O–H groups in total. The minimum Gasteiger partial charge on any atom is -0.389 e. The fourth-order valence-corrected chi connectivity index (χ4v) is 2.85. The van der Waals surface area contributed by atoms with Crippen LogP contribution in [-0.2, 0) is 4.74 Å². The van der Waals surface area contributed by atoms with Gasteiger partial charge in [-0.05, 0) is 26.8 Å². The summed E-state index contributed by atoms with van der Waals surface area (Å²) in [4.78, 5) is 0. The normalized spacial score (nSPS) is 13.6. The topological polar surface area (TPSA) is 67.3 Å². The summed E-state index contributed by atoms with van der Waals surface area (Å²) in [7, 11) is 0. The third kappa shape index (κ3) is 4.40. The monoisotopic (exact) mass is 349 g/mol. The fourth-order valence-electron chi connectivity index (χ4n) is 1.67. The Bertz CT molecular complexity index is 628. The number of nitrogens with one attached hydrogen (secondary N) is 1. The first kappa shape index (κ1) is 16.7. The highest BCUT2D eigenvalue weighted by Crippen LogP contribution is 2.35. The standard InChI is InChI=1S/C13H17Cl2N3O2S/c1-13(2,3)20-6-7(19)5-16-10-8(14)4-9(15)11-12(10)18-21-17-11/h4,7,16,19H,5-6H2,1-3H3. The highest BCUT2D eigenvalue weighted by Gasteiger charge is 2.17. The first-order chi connectivity index (χ1) is 9.78. The van der Waals surface area contributed by atoms with E-state index in [0.717, 1.165) is 11.7 Å².